The van der Waals surface area contributed by atoms with E-state index in [1.807, 2.05) is 51.1 Å². The number of carbonyl (C=O) groups is 1. The molecule has 0 bridgehead atoms. The molecule has 0 radical (unpaired) electrons. The van der Waals surface area contributed by atoms with Gasteiger partial charge in [0.2, 0.25) is 11.7 Å². The second-order valence-electron chi connectivity index (χ2n) is 5.80. The third-order valence-corrected chi connectivity index (χ3v) is 3.10. The third kappa shape index (κ3) is 4.13. The number of rotatable bonds is 5. The van der Waals surface area contributed by atoms with Crippen LogP contribution in [0.5, 0.6) is 0 Å². The van der Waals surface area contributed by atoms with E-state index in [9.17, 15) is 4.79 Å². The smallest absolute Gasteiger partial charge is 0.317 e. The van der Waals surface area contributed by atoms with E-state index < -0.39 is 5.97 Å². The van der Waals surface area contributed by atoms with E-state index in [4.69, 9.17) is 9.63 Å². The lowest BCUT2D eigenvalue weighted by Crippen LogP contribution is -2.43. The molecule has 0 saturated carbocycles. The Hall–Kier alpha value is -2.21. The topological polar surface area (TPSA) is 79.5 Å². The molecule has 112 valence electrons. The summed E-state index contributed by atoms with van der Waals surface area (Å²) < 4.78 is 5.23. The van der Waals surface area contributed by atoms with Crippen LogP contribution >= 0.6 is 0 Å². The van der Waals surface area contributed by atoms with Gasteiger partial charge in [-0.1, -0.05) is 35.5 Å². The summed E-state index contributed by atoms with van der Waals surface area (Å²) in [6, 6.07) is 9.51. The standard InChI is InChI=1S/C15H19N3O3/c1-15(2,3)18(10-13(19)20)9-12-16-14(17-21-12)11-7-5-4-6-8-11/h4-8H,9-10H2,1-3H3,(H,19,20). The number of aliphatic carboxylic acids is 1. The van der Waals surface area contributed by atoms with Crippen molar-refractivity contribution in [3.05, 3.63) is 36.2 Å². The average Bonchev–Trinajstić information content (AvgIpc) is 2.86. The van der Waals surface area contributed by atoms with Crippen molar-refractivity contribution in [3.8, 4) is 11.4 Å². The number of carboxylic acids is 1. The van der Waals surface area contributed by atoms with Gasteiger partial charge < -0.3 is 9.63 Å². The van der Waals surface area contributed by atoms with Crippen LogP contribution in [0.4, 0.5) is 0 Å². The minimum atomic E-state index is -0.882. The Bertz CT molecular complexity index is 602. The fourth-order valence-electron chi connectivity index (χ4n) is 1.88. The van der Waals surface area contributed by atoms with Gasteiger partial charge in [-0.2, -0.15) is 4.98 Å². The van der Waals surface area contributed by atoms with Crippen molar-refractivity contribution >= 4 is 5.97 Å². The molecule has 0 atom stereocenters. The van der Waals surface area contributed by atoms with E-state index in [2.05, 4.69) is 10.1 Å². The van der Waals surface area contributed by atoms with Gasteiger partial charge in [0.15, 0.2) is 0 Å². The molecule has 0 fully saturated rings. The number of nitrogens with zero attached hydrogens (tertiary/aromatic N) is 3. The maximum atomic E-state index is 11.0. The molecular weight excluding hydrogens is 270 g/mol. The molecule has 0 aliphatic heterocycles. The monoisotopic (exact) mass is 289 g/mol. The Labute approximate surface area is 123 Å². The first-order valence-electron chi connectivity index (χ1n) is 6.71. The van der Waals surface area contributed by atoms with Gasteiger partial charge in [-0.05, 0) is 20.8 Å². The van der Waals surface area contributed by atoms with Crippen molar-refractivity contribution in [1.82, 2.24) is 15.0 Å². The van der Waals surface area contributed by atoms with Crippen molar-refractivity contribution in [3.63, 3.8) is 0 Å². The van der Waals surface area contributed by atoms with Gasteiger partial charge in [0, 0.05) is 11.1 Å². The molecular formula is C15H19N3O3. The fourth-order valence-corrected chi connectivity index (χ4v) is 1.88. The lowest BCUT2D eigenvalue weighted by molar-refractivity contribution is -0.140. The average molecular weight is 289 g/mol. The minimum absolute atomic E-state index is 0.0768. The summed E-state index contributed by atoms with van der Waals surface area (Å²) >= 11 is 0. The van der Waals surface area contributed by atoms with Crippen LogP contribution in [0.1, 0.15) is 26.7 Å². The molecule has 6 heteroatoms. The molecule has 2 aromatic rings. The Morgan fingerprint density at radius 3 is 2.52 bits per heavy atom. The predicted molar refractivity (Wildman–Crippen MR) is 77.5 cm³/mol. The Kier molecular flexibility index (Phi) is 4.37. The van der Waals surface area contributed by atoms with Crippen molar-refractivity contribution in [2.75, 3.05) is 6.54 Å². The summed E-state index contributed by atoms with van der Waals surface area (Å²) in [6.45, 7) is 6.07. The number of aromatic nitrogens is 2. The van der Waals surface area contributed by atoms with E-state index in [-0.39, 0.29) is 12.1 Å². The predicted octanol–water partition coefficient (Wildman–Crippen LogP) is 2.42. The first-order chi connectivity index (χ1) is 9.86. The van der Waals surface area contributed by atoms with E-state index in [1.165, 1.54) is 0 Å². The van der Waals surface area contributed by atoms with Crippen LogP contribution in [0.25, 0.3) is 11.4 Å². The Balaban J connectivity index is 2.15. The van der Waals surface area contributed by atoms with Crippen molar-refractivity contribution < 1.29 is 14.4 Å². The fraction of sp³-hybridized carbons (Fsp3) is 0.400. The lowest BCUT2D eigenvalue weighted by Gasteiger charge is -2.32. The molecule has 0 saturated heterocycles. The highest BCUT2D eigenvalue weighted by Crippen LogP contribution is 2.19. The molecule has 1 aromatic carbocycles. The van der Waals surface area contributed by atoms with Crippen molar-refractivity contribution in [2.45, 2.75) is 32.9 Å². The number of benzene rings is 1. The third-order valence-electron chi connectivity index (χ3n) is 3.10. The lowest BCUT2D eigenvalue weighted by atomic mass is 10.1. The second-order valence-corrected chi connectivity index (χ2v) is 5.80. The van der Waals surface area contributed by atoms with Crippen LogP contribution in [0, 0.1) is 0 Å². The number of hydrogen-bond acceptors (Lipinski definition) is 5. The minimum Gasteiger partial charge on any atom is -0.480 e. The quantitative estimate of drug-likeness (QED) is 0.910. The Morgan fingerprint density at radius 2 is 1.95 bits per heavy atom. The zero-order valence-corrected chi connectivity index (χ0v) is 12.4. The summed E-state index contributed by atoms with van der Waals surface area (Å²) in [4.78, 5) is 17.1. The molecule has 6 nitrogen and oxygen atoms in total. The van der Waals surface area contributed by atoms with Crippen LogP contribution in [0.3, 0.4) is 0 Å². The molecule has 1 N–H and O–H groups in total. The van der Waals surface area contributed by atoms with Gasteiger partial charge in [-0.25, -0.2) is 0 Å². The summed E-state index contributed by atoms with van der Waals surface area (Å²) in [7, 11) is 0. The van der Waals surface area contributed by atoms with Crippen LogP contribution in [-0.4, -0.2) is 38.2 Å². The SMILES string of the molecule is CC(C)(C)N(CC(=O)O)Cc1nc(-c2ccccc2)no1. The summed E-state index contributed by atoms with van der Waals surface area (Å²) in [6.07, 6.45) is 0. The van der Waals surface area contributed by atoms with Gasteiger partial charge in [0.25, 0.3) is 0 Å². The zero-order valence-electron chi connectivity index (χ0n) is 12.4. The summed E-state index contributed by atoms with van der Waals surface area (Å²) in [5.41, 5.74) is 0.563. The maximum Gasteiger partial charge on any atom is 0.317 e. The van der Waals surface area contributed by atoms with E-state index in [0.29, 0.717) is 18.3 Å². The maximum absolute atomic E-state index is 11.0. The van der Waals surface area contributed by atoms with Gasteiger partial charge >= 0.3 is 5.97 Å². The van der Waals surface area contributed by atoms with E-state index in [1.54, 1.807) is 4.90 Å². The van der Waals surface area contributed by atoms with Crippen LogP contribution < -0.4 is 0 Å². The molecule has 1 heterocycles. The Morgan fingerprint density at radius 1 is 1.29 bits per heavy atom. The van der Waals surface area contributed by atoms with Crippen molar-refractivity contribution in [1.29, 1.82) is 0 Å². The molecule has 2 rings (SSSR count). The molecule has 1 aromatic heterocycles. The largest absolute Gasteiger partial charge is 0.480 e. The van der Waals surface area contributed by atoms with E-state index in [0.717, 1.165) is 5.56 Å². The normalized spacial score (nSPS) is 11.8. The molecule has 0 aliphatic rings. The van der Waals surface area contributed by atoms with Gasteiger partial charge in [0.1, 0.15) is 0 Å². The van der Waals surface area contributed by atoms with Gasteiger partial charge in [-0.3, -0.25) is 9.69 Å². The van der Waals surface area contributed by atoms with Gasteiger partial charge in [0.05, 0.1) is 13.1 Å². The summed E-state index contributed by atoms with van der Waals surface area (Å²) in [5, 5.41) is 12.9. The van der Waals surface area contributed by atoms with Crippen LogP contribution in [0.2, 0.25) is 0 Å². The first kappa shape index (κ1) is 15.2. The van der Waals surface area contributed by atoms with Crippen LogP contribution in [0.15, 0.2) is 34.9 Å². The molecule has 0 spiro atoms. The second kappa shape index (κ2) is 6.05. The highest BCUT2D eigenvalue weighted by Gasteiger charge is 2.25. The number of hydrogen-bond donors (Lipinski definition) is 1. The number of carboxylic acid groups (broad SMARTS) is 1. The van der Waals surface area contributed by atoms with Crippen LogP contribution in [-0.2, 0) is 11.3 Å². The highest BCUT2D eigenvalue weighted by molar-refractivity contribution is 5.69. The molecule has 21 heavy (non-hydrogen) atoms. The molecule has 0 unspecified atom stereocenters. The highest BCUT2D eigenvalue weighted by atomic mass is 16.5. The molecule has 0 aliphatic carbocycles. The first-order valence-corrected chi connectivity index (χ1v) is 6.71. The van der Waals surface area contributed by atoms with E-state index >= 15 is 0 Å². The van der Waals surface area contributed by atoms with Gasteiger partial charge in [-0.15, -0.1) is 0 Å². The summed E-state index contributed by atoms with van der Waals surface area (Å²) in [5.74, 6) is 0.0348. The zero-order chi connectivity index (χ0) is 15.5. The van der Waals surface area contributed by atoms with Crippen molar-refractivity contribution in [2.24, 2.45) is 0 Å². The molecule has 0 amide bonds.